The Balaban J connectivity index is 3.46. The van der Waals surface area contributed by atoms with Crippen LogP contribution in [0.25, 0.3) is 0 Å². The Morgan fingerprint density at radius 1 is 1.05 bits per heavy atom. The minimum atomic E-state index is -0.275. The Morgan fingerprint density at radius 2 is 1.79 bits per heavy atom. The van der Waals surface area contributed by atoms with Gasteiger partial charge in [0.25, 0.3) is 0 Å². The van der Waals surface area contributed by atoms with E-state index in [-0.39, 0.29) is 11.9 Å². The summed E-state index contributed by atoms with van der Waals surface area (Å²) in [5, 5.41) is 0. The Kier molecular flexibility index (Phi) is 11.4. The number of carbonyl (C=O) groups is 2. The van der Waals surface area contributed by atoms with E-state index in [0.29, 0.717) is 13.0 Å². The highest BCUT2D eigenvalue weighted by Crippen LogP contribution is 1.99. The molecule has 0 fully saturated rings. The fourth-order valence-electron chi connectivity index (χ4n) is 1.22. The Bertz CT molecular complexity index is 340. The number of hydrogen-bond acceptors (Lipinski definition) is 4. The third-order valence-electron chi connectivity index (χ3n) is 2.18. The van der Waals surface area contributed by atoms with Crippen molar-refractivity contribution in [3.63, 3.8) is 0 Å². The first-order valence-corrected chi connectivity index (χ1v) is 6.33. The van der Waals surface area contributed by atoms with E-state index < -0.39 is 0 Å². The molecule has 19 heavy (non-hydrogen) atoms. The van der Waals surface area contributed by atoms with Crippen LogP contribution >= 0.6 is 0 Å². The molecule has 0 rings (SSSR count). The number of methoxy groups -OCH3 is 1. The number of unbranched alkanes of at least 4 members (excludes halogenated alkanes) is 1. The monoisotopic (exact) mass is 266 g/mol. The zero-order valence-electron chi connectivity index (χ0n) is 11.6. The highest BCUT2D eigenvalue weighted by molar-refractivity contribution is 5.69. The van der Waals surface area contributed by atoms with Crippen LogP contribution in [0.3, 0.4) is 0 Å². The van der Waals surface area contributed by atoms with E-state index in [1.807, 2.05) is 24.3 Å². The van der Waals surface area contributed by atoms with Crippen LogP contribution < -0.4 is 0 Å². The summed E-state index contributed by atoms with van der Waals surface area (Å²) < 4.78 is 9.27. The van der Waals surface area contributed by atoms with Crippen LogP contribution in [0.15, 0.2) is 36.5 Å². The van der Waals surface area contributed by atoms with Crippen LogP contribution in [-0.2, 0) is 19.1 Å². The van der Waals surface area contributed by atoms with Crippen molar-refractivity contribution in [3.8, 4) is 0 Å². The largest absolute Gasteiger partial charge is 0.469 e. The van der Waals surface area contributed by atoms with E-state index in [9.17, 15) is 9.59 Å². The van der Waals surface area contributed by atoms with Gasteiger partial charge in [0.05, 0.1) is 7.11 Å². The average Bonchev–Trinajstić information content (AvgIpc) is 2.39. The second-order valence-corrected chi connectivity index (χ2v) is 3.83. The van der Waals surface area contributed by atoms with E-state index in [1.54, 1.807) is 6.08 Å². The standard InChI is InChI=1S/C15H22O4/c1-14(16)19-13-11-9-7-5-3-4-6-8-10-12-15(17)18-2/h4-7,9,11H,3,8,10,12-13H2,1-2H3. The van der Waals surface area contributed by atoms with Gasteiger partial charge in [0.1, 0.15) is 6.61 Å². The molecule has 4 heteroatoms. The Labute approximate surface area is 114 Å². The summed E-state index contributed by atoms with van der Waals surface area (Å²) in [5.74, 6) is -0.435. The van der Waals surface area contributed by atoms with Gasteiger partial charge in [0.15, 0.2) is 0 Å². The van der Waals surface area contributed by atoms with Crippen LogP contribution in [0.2, 0.25) is 0 Å². The third-order valence-corrected chi connectivity index (χ3v) is 2.18. The Morgan fingerprint density at radius 3 is 2.47 bits per heavy atom. The minimum Gasteiger partial charge on any atom is -0.469 e. The van der Waals surface area contributed by atoms with Gasteiger partial charge in [0.2, 0.25) is 0 Å². The summed E-state index contributed by atoms with van der Waals surface area (Å²) in [6.07, 6.45) is 14.6. The number of rotatable bonds is 9. The number of allylic oxidation sites excluding steroid dienone is 5. The van der Waals surface area contributed by atoms with Gasteiger partial charge >= 0.3 is 11.9 Å². The number of ether oxygens (including phenoxy) is 2. The number of hydrogen-bond donors (Lipinski definition) is 0. The molecule has 0 radical (unpaired) electrons. The quantitative estimate of drug-likeness (QED) is 0.279. The summed E-state index contributed by atoms with van der Waals surface area (Å²) in [6.45, 7) is 1.69. The normalized spacial score (nSPS) is 11.5. The number of esters is 2. The average molecular weight is 266 g/mol. The smallest absolute Gasteiger partial charge is 0.305 e. The van der Waals surface area contributed by atoms with Crippen LogP contribution in [-0.4, -0.2) is 25.7 Å². The van der Waals surface area contributed by atoms with Gasteiger partial charge in [-0.1, -0.05) is 30.4 Å². The molecule has 0 saturated carbocycles. The van der Waals surface area contributed by atoms with Crippen LogP contribution in [0.4, 0.5) is 0 Å². The molecule has 0 heterocycles. The first-order valence-electron chi connectivity index (χ1n) is 6.33. The highest BCUT2D eigenvalue weighted by atomic mass is 16.5. The zero-order valence-corrected chi connectivity index (χ0v) is 11.6. The summed E-state index contributed by atoms with van der Waals surface area (Å²) in [4.78, 5) is 21.3. The van der Waals surface area contributed by atoms with Crippen molar-refractivity contribution in [1.29, 1.82) is 0 Å². The fraction of sp³-hybridized carbons (Fsp3) is 0.467. The second kappa shape index (κ2) is 12.6. The molecule has 106 valence electrons. The molecule has 4 nitrogen and oxygen atoms in total. The molecular weight excluding hydrogens is 244 g/mol. The molecule has 0 bridgehead atoms. The lowest BCUT2D eigenvalue weighted by molar-refractivity contribution is -0.141. The van der Waals surface area contributed by atoms with Gasteiger partial charge < -0.3 is 9.47 Å². The van der Waals surface area contributed by atoms with Crippen LogP contribution in [0.1, 0.15) is 32.6 Å². The predicted octanol–water partition coefficient (Wildman–Crippen LogP) is 2.95. The molecule has 0 aliphatic rings. The second-order valence-electron chi connectivity index (χ2n) is 3.83. The van der Waals surface area contributed by atoms with Gasteiger partial charge in [-0.25, -0.2) is 0 Å². The lowest BCUT2D eigenvalue weighted by atomic mass is 10.2. The molecule has 0 unspecified atom stereocenters. The molecule has 0 aliphatic heterocycles. The highest BCUT2D eigenvalue weighted by Gasteiger charge is 1.96. The maximum absolute atomic E-state index is 10.8. The van der Waals surface area contributed by atoms with Gasteiger partial charge in [-0.3, -0.25) is 9.59 Å². The van der Waals surface area contributed by atoms with Gasteiger partial charge in [0, 0.05) is 13.3 Å². The first-order chi connectivity index (χ1) is 9.16. The van der Waals surface area contributed by atoms with E-state index in [2.05, 4.69) is 10.8 Å². The first kappa shape index (κ1) is 17.2. The summed E-state index contributed by atoms with van der Waals surface area (Å²) >= 11 is 0. The SMILES string of the molecule is COC(=O)CCCC=CCC=CC=CCOC(C)=O. The number of carbonyl (C=O) groups excluding carboxylic acids is 2. The predicted molar refractivity (Wildman–Crippen MR) is 74.5 cm³/mol. The molecular formula is C15H22O4. The topological polar surface area (TPSA) is 52.6 Å². The molecule has 0 aromatic heterocycles. The van der Waals surface area contributed by atoms with Gasteiger partial charge in [-0.2, -0.15) is 0 Å². The summed E-state index contributed by atoms with van der Waals surface area (Å²) in [5.41, 5.74) is 0. The molecule has 0 N–H and O–H groups in total. The van der Waals surface area contributed by atoms with Crippen molar-refractivity contribution in [3.05, 3.63) is 36.5 Å². The lowest BCUT2D eigenvalue weighted by Crippen LogP contribution is -1.98. The van der Waals surface area contributed by atoms with Crippen molar-refractivity contribution >= 4 is 11.9 Å². The summed E-state index contributed by atoms with van der Waals surface area (Å²) in [7, 11) is 1.40. The lowest BCUT2D eigenvalue weighted by Gasteiger charge is -1.95. The van der Waals surface area contributed by atoms with Crippen molar-refractivity contribution < 1.29 is 19.1 Å². The van der Waals surface area contributed by atoms with Gasteiger partial charge in [-0.05, 0) is 25.3 Å². The van der Waals surface area contributed by atoms with Crippen molar-refractivity contribution in [2.24, 2.45) is 0 Å². The van der Waals surface area contributed by atoms with Crippen molar-refractivity contribution in [1.82, 2.24) is 0 Å². The molecule has 0 aromatic rings. The van der Waals surface area contributed by atoms with Crippen molar-refractivity contribution in [2.75, 3.05) is 13.7 Å². The maximum atomic E-state index is 10.8. The third kappa shape index (κ3) is 14.1. The zero-order chi connectivity index (χ0) is 14.3. The van der Waals surface area contributed by atoms with Gasteiger partial charge in [-0.15, -0.1) is 0 Å². The molecule has 0 aromatic carbocycles. The van der Waals surface area contributed by atoms with E-state index in [0.717, 1.165) is 19.3 Å². The molecule has 0 aliphatic carbocycles. The summed E-state index contributed by atoms with van der Waals surface area (Å²) in [6, 6.07) is 0. The Hall–Kier alpha value is -1.84. The van der Waals surface area contributed by atoms with E-state index >= 15 is 0 Å². The van der Waals surface area contributed by atoms with E-state index in [4.69, 9.17) is 4.74 Å². The molecule has 0 spiro atoms. The van der Waals surface area contributed by atoms with Crippen LogP contribution in [0, 0.1) is 0 Å². The maximum Gasteiger partial charge on any atom is 0.305 e. The fourth-order valence-corrected chi connectivity index (χ4v) is 1.22. The molecule has 0 amide bonds. The molecule has 0 saturated heterocycles. The molecule has 0 atom stereocenters. The van der Waals surface area contributed by atoms with Crippen LogP contribution in [0.5, 0.6) is 0 Å². The van der Waals surface area contributed by atoms with Crippen molar-refractivity contribution in [2.45, 2.75) is 32.6 Å². The minimum absolute atomic E-state index is 0.161. The van der Waals surface area contributed by atoms with E-state index in [1.165, 1.54) is 14.0 Å².